The molecule has 15 heteroatoms. The van der Waals surface area contributed by atoms with E-state index in [2.05, 4.69) is 9.71 Å². The molecule has 1 aromatic heterocycles. The SMILES string of the molecule is NC(=O)c1[nH]c2ccc(Cl)cc2c1S(=O)(=O)N1CCC(NS(=O)(=O)c2cccc(C(F)(F)F)c2C2CC2)CC1. The van der Waals surface area contributed by atoms with Crippen molar-refractivity contribution < 1.29 is 34.8 Å². The van der Waals surface area contributed by atoms with Gasteiger partial charge in [0.25, 0.3) is 5.91 Å². The van der Waals surface area contributed by atoms with Crippen LogP contribution in [0.15, 0.2) is 46.2 Å². The summed E-state index contributed by atoms with van der Waals surface area (Å²) in [6.45, 7) is -0.196. The lowest BCUT2D eigenvalue weighted by molar-refractivity contribution is -0.138. The van der Waals surface area contributed by atoms with E-state index < -0.39 is 54.5 Å². The van der Waals surface area contributed by atoms with Gasteiger partial charge in [-0.15, -0.1) is 0 Å². The Morgan fingerprint density at radius 2 is 1.72 bits per heavy atom. The predicted molar refractivity (Wildman–Crippen MR) is 137 cm³/mol. The van der Waals surface area contributed by atoms with Gasteiger partial charge in [0.1, 0.15) is 10.6 Å². The fourth-order valence-corrected chi connectivity index (χ4v) is 8.63. The number of benzene rings is 2. The summed E-state index contributed by atoms with van der Waals surface area (Å²) in [5.41, 5.74) is 4.29. The minimum atomic E-state index is -4.69. The van der Waals surface area contributed by atoms with E-state index in [0.717, 1.165) is 22.5 Å². The molecule has 0 radical (unpaired) electrons. The Bertz CT molecular complexity index is 1680. The van der Waals surface area contributed by atoms with E-state index in [-0.39, 0.29) is 52.5 Å². The molecule has 1 amide bonds. The molecule has 9 nitrogen and oxygen atoms in total. The number of sulfonamides is 2. The van der Waals surface area contributed by atoms with Crippen LogP contribution >= 0.6 is 11.6 Å². The molecule has 1 aliphatic heterocycles. The van der Waals surface area contributed by atoms with Crippen LogP contribution in [0.4, 0.5) is 13.2 Å². The van der Waals surface area contributed by atoms with Crippen LogP contribution in [-0.4, -0.2) is 51.2 Å². The highest BCUT2D eigenvalue weighted by Gasteiger charge is 2.42. The molecule has 5 rings (SSSR count). The quantitative estimate of drug-likeness (QED) is 0.374. The number of aromatic amines is 1. The van der Waals surface area contributed by atoms with Gasteiger partial charge >= 0.3 is 6.18 Å². The van der Waals surface area contributed by atoms with Crippen molar-refractivity contribution in [3.05, 3.63) is 58.2 Å². The Kier molecular flexibility index (Phi) is 6.99. The molecule has 2 aliphatic rings. The van der Waals surface area contributed by atoms with Crippen molar-refractivity contribution in [3.63, 3.8) is 0 Å². The maximum Gasteiger partial charge on any atom is 0.416 e. The second-order valence-electron chi connectivity index (χ2n) is 9.67. The number of amides is 1. The first-order chi connectivity index (χ1) is 18.2. The lowest BCUT2D eigenvalue weighted by Crippen LogP contribution is -2.46. The van der Waals surface area contributed by atoms with Crippen LogP contribution in [-0.2, 0) is 26.2 Å². The average molecular weight is 605 g/mol. The third-order valence-corrected chi connectivity index (χ3v) is 10.8. The molecule has 1 aliphatic carbocycles. The molecule has 2 aromatic carbocycles. The van der Waals surface area contributed by atoms with Crippen LogP contribution in [0.2, 0.25) is 5.02 Å². The van der Waals surface area contributed by atoms with Gasteiger partial charge in [0.2, 0.25) is 20.0 Å². The Morgan fingerprint density at radius 1 is 1.05 bits per heavy atom. The van der Waals surface area contributed by atoms with Crippen molar-refractivity contribution in [2.75, 3.05) is 13.1 Å². The van der Waals surface area contributed by atoms with E-state index in [1.165, 1.54) is 18.2 Å². The van der Waals surface area contributed by atoms with Crippen LogP contribution in [0.25, 0.3) is 10.9 Å². The topological polar surface area (TPSA) is 142 Å². The molecule has 2 heterocycles. The monoisotopic (exact) mass is 604 g/mol. The highest BCUT2D eigenvalue weighted by Crippen LogP contribution is 2.48. The van der Waals surface area contributed by atoms with E-state index in [1.807, 2.05) is 0 Å². The average Bonchev–Trinajstić information content (AvgIpc) is 3.62. The van der Waals surface area contributed by atoms with Gasteiger partial charge in [-0.1, -0.05) is 17.7 Å². The van der Waals surface area contributed by atoms with Crippen molar-refractivity contribution in [3.8, 4) is 0 Å². The first-order valence-electron chi connectivity index (χ1n) is 12.0. The number of fused-ring (bicyclic) bond motifs is 1. The number of carbonyl (C=O) groups excluding carboxylic acids is 1. The number of hydrogen-bond donors (Lipinski definition) is 3. The van der Waals surface area contributed by atoms with Crippen LogP contribution < -0.4 is 10.5 Å². The van der Waals surface area contributed by atoms with Crippen molar-refractivity contribution in [1.82, 2.24) is 14.0 Å². The second-order valence-corrected chi connectivity index (χ2v) is 13.7. The molecular weight excluding hydrogens is 581 g/mol. The number of primary amides is 1. The lowest BCUT2D eigenvalue weighted by Gasteiger charge is -2.31. The summed E-state index contributed by atoms with van der Waals surface area (Å²) in [6, 6.07) is 6.86. The first kappa shape index (κ1) is 27.9. The number of nitrogens with zero attached hydrogens (tertiary/aromatic N) is 1. The molecule has 1 saturated heterocycles. The molecule has 39 heavy (non-hydrogen) atoms. The predicted octanol–water partition coefficient (Wildman–Crippen LogP) is 3.95. The summed E-state index contributed by atoms with van der Waals surface area (Å²) in [4.78, 5) is 14.0. The molecule has 0 spiro atoms. The normalized spacial score (nSPS) is 18.1. The Hall–Kier alpha value is -2.65. The zero-order valence-electron chi connectivity index (χ0n) is 20.3. The summed E-state index contributed by atoms with van der Waals surface area (Å²) in [6.07, 6.45) is -3.63. The maximum absolute atomic E-state index is 13.6. The number of aromatic nitrogens is 1. The minimum absolute atomic E-state index is 0.0607. The number of H-pyrrole nitrogens is 1. The summed E-state index contributed by atoms with van der Waals surface area (Å²) in [5.74, 6) is -1.46. The van der Waals surface area contributed by atoms with E-state index >= 15 is 0 Å². The van der Waals surface area contributed by atoms with Gasteiger partial charge in [0.05, 0.1) is 10.5 Å². The molecule has 1 saturated carbocycles. The smallest absolute Gasteiger partial charge is 0.364 e. The molecule has 0 bridgehead atoms. The van der Waals surface area contributed by atoms with E-state index in [1.54, 1.807) is 0 Å². The van der Waals surface area contributed by atoms with Crippen molar-refractivity contribution in [2.45, 2.75) is 53.6 Å². The third-order valence-electron chi connectivity index (χ3n) is 6.98. The summed E-state index contributed by atoms with van der Waals surface area (Å²) < 4.78 is 98.0. The van der Waals surface area contributed by atoms with E-state index in [9.17, 15) is 34.8 Å². The number of piperidine rings is 1. The van der Waals surface area contributed by atoms with Crippen molar-refractivity contribution >= 4 is 48.5 Å². The van der Waals surface area contributed by atoms with Crippen LogP contribution in [0.5, 0.6) is 0 Å². The van der Waals surface area contributed by atoms with E-state index in [4.69, 9.17) is 17.3 Å². The van der Waals surface area contributed by atoms with Gasteiger partial charge in [0, 0.05) is 35.1 Å². The standard InChI is InChI=1S/C24H24ClF3N4O5S2/c25-14-6-7-18-16(12-14)22(21(30-18)23(29)33)39(36,37)32-10-8-15(9-11-32)31-38(34,35)19-3-1-2-17(24(26,27)28)20(19)13-4-5-13/h1-3,6-7,12-13,15,30-31H,4-5,8-11H2,(H2,29,33). The lowest BCUT2D eigenvalue weighted by atomic mass is 10.0. The number of carbonyl (C=O) groups is 1. The Balaban J connectivity index is 1.38. The first-order valence-corrected chi connectivity index (χ1v) is 15.3. The summed E-state index contributed by atoms with van der Waals surface area (Å²) in [7, 11) is -8.57. The maximum atomic E-state index is 13.6. The number of nitrogens with two attached hydrogens (primary N) is 1. The number of rotatable bonds is 7. The molecule has 0 unspecified atom stereocenters. The highest BCUT2D eigenvalue weighted by atomic mass is 35.5. The zero-order valence-corrected chi connectivity index (χ0v) is 22.6. The molecule has 3 aromatic rings. The van der Waals surface area contributed by atoms with Gasteiger partial charge in [-0.05, 0) is 67.5 Å². The number of alkyl halides is 3. The molecule has 4 N–H and O–H groups in total. The van der Waals surface area contributed by atoms with E-state index in [0.29, 0.717) is 18.4 Å². The van der Waals surface area contributed by atoms with Crippen LogP contribution in [0.1, 0.15) is 53.2 Å². The second kappa shape index (κ2) is 9.77. The Morgan fingerprint density at radius 3 is 2.31 bits per heavy atom. The summed E-state index contributed by atoms with van der Waals surface area (Å²) >= 11 is 6.05. The number of halogens is 4. The molecule has 2 fully saturated rings. The fourth-order valence-electron chi connectivity index (χ4n) is 5.03. The van der Waals surface area contributed by atoms with Gasteiger partial charge in [0.15, 0.2) is 0 Å². The van der Waals surface area contributed by atoms with Gasteiger partial charge < -0.3 is 10.7 Å². The van der Waals surface area contributed by atoms with Crippen molar-refractivity contribution in [1.29, 1.82) is 0 Å². The highest BCUT2D eigenvalue weighted by molar-refractivity contribution is 7.89. The van der Waals surface area contributed by atoms with Crippen molar-refractivity contribution in [2.24, 2.45) is 5.73 Å². The minimum Gasteiger partial charge on any atom is -0.364 e. The fraction of sp³-hybridized carbons (Fsp3) is 0.375. The number of hydrogen-bond acceptors (Lipinski definition) is 5. The van der Waals surface area contributed by atoms with Gasteiger partial charge in [-0.2, -0.15) is 17.5 Å². The third kappa shape index (κ3) is 5.27. The molecule has 210 valence electrons. The summed E-state index contributed by atoms with van der Waals surface area (Å²) in [5, 5.41) is 0.443. The largest absolute Gasteiger partial charge is 0.416 e. The van der Waals surface area contributed by atoms with Crippen LogP contribution in [0, 0.1) is 0 Å². The van der Waals surface area contributed by atoms with Crippen LogP contribution in [0.3, 0.4) is 0 Å². The number of nitrogens with one attached hydrogen (secondary N) is 2. The zero-order chi connectivity index (χ0) is 28.3. The molecule has 0 atom stereocenters. The van der Waals surface area contributed by atoms with Gasteiger partial charge in [-0.25, -0.2) is 21.6 Å². The van der Waals surface area contributed by atoms with Gasteiger partial charge in [-0.3, -0.25) is 4.79 Å². The molecular formula is C24H24ClF3N4O5S2. The Labute approximate surface area is 227 Å².